The van der Waals surface area contributed by atoms with Crippen LogP contribution < -0.4 is 0 Å². The minimum absolute atomic E-state index is 0.139. The maximum Gasteiger partial charge on any atom is 0.342 e. The molecule has 25 heavy (non-hydrogen) atoms. The van der Waals surface area contributed by atoms with E-state index < -0.39 is 29.9 Å². The molecule has 3 amide bonds. The van der Waals surface area contributed by atoms with Crippen molar-refractivity contribution in [2.75, 3.05) is 13.1 Å². The summed E-state index contributed by atoms with van der Waals surface area (Å²) in [6.45, 7) is 5.03. The first-order valence-electron chi connectivity index (χ1n) is 8.08. The van der Waals surface area contributed by atoms with Gasteiger partial charge >= 0.3 is 23.6 Å². The van der Waals surface area contributed by atoms with Gasteiger partial charge in [0, 0.05) is 25.6 Å². The second kappa shape index (κ2) is 6.19. The summed E-state index contributed by atoms with van der Waals surface area (Å²) in [6, 6.07) is 8.46. The molecule has 8 nitrogen and oxygen atoms in total. The van der Waals surface area contributed by atoms with Crippen molar-refractivity contribution < 1.29 is 23.9 Å². The molecular formula is C17H19N3O5. The Labute approximate surface area is 145 Å². The fraction of sp³-hybridized carbons (Fsp3) is 0.412. The molecule has 1 saturated heterocycles. The van der Waals surface area contributed by atoms with Gasteiger partial charge in [-0.15, -0.1) is 0 Å². The van der Waals surface area contributed by atoms with Gasteiger partial charge in [-0.25, -0.2) is 4.79 Å². The smallest absolute Gasteiger partial charge is 0.342 e. The van der Waals surface area contributed by atoms with Crippen molar-refractivity contribution in [1.82, 2.24) is 9.80 Å². The van der Waals surface area contributed by atoms with E-state index in [0.717, 1.165) is 4.90 Å². The molecule has 2 unspecified atom stereocenters. The zero-order valence-electron chi connectivity index (χ0n) is 14.3. The van der Waals surface area contributed by atoms with E-state index in [1.54, 1.807) is 38.1 Å². The Morgan fingerprint density at radius 1 is 1.24 bits per heavy atom. The predicted molar refractivity (Wildman–Crippen MR) is 87.5 cm³/mol. The summed E-state index contributed by atoms with van der Waals surface area (Å²) in [7, 11) is 0. The lowest BCUT2D eigenvalue weighted by Gasteiger charge is -2.43. The van der Waals surface area contributed by atoms with E-state index in [0.29, 0.717) is 5.56 Å². The number of ether oxygens (including phenoxy) is 2. The molecule has 3 rings (SSSR count). The Balaban J connectivity index is 2.14. The lowest BCUT2D eigenvalue weighted by Crippen LogP contribution is -2.70. The summed E-state index contributed by atoms with van der Waals surface area (Å²) < 4.78 is 11.2. The van der Waals surface area contributed by atoms with E-state index in [4.69, 9.17) is 9.47 Å². The summed E-state index contributed by atoms with van der Waals surface area (Å²) in [6.07, 6.45) is -1.13. The number of carbonyl (C=O) groups excluding carboxylic acids is 3. The number of urea groups is 1. The zero-order chi connectivity index (χ0) is 18.2. The first-order valence-corrected chi connectivity index (χ1v) is 8.08. The molecule has 0 radical (unpaired) electrons. The van der Waals surface area contributed by atoms with Crippen molar-refractivity contribution in [3.05, 3.63) is 35.9 Å². The van der Waals surface area contributed by atoms with Gasteiger partial charge in [0.25, 0.3) is 0 Å². The number of amides is 3. The van der Waals surface area contributed by atoms with Crippen LogP contribution in [0.5, 0.6) is 0 Å². The van der Waals surface area contributed by atoms with Crippen LogP contribution in [0.4, 0.5) is 4.79 Å². The van der Waals surface area contributed by atoms with E-state index in [9.17, 15) is 14.4 Å². The quantitative estimate of drug-likeness (QED) is 0.769. The molecule has 132 valence electrons. The minimum atomic E-state index is -1.92. The molecule has 1 aromatic rings. The Hall–Kier alpha value is -2.90. The van der Waals surface area contributed by atoms with Gasteiger partial charge < -0.3 is 9.47 Å². The summed E-state index contributed by atoms with van der Waals surface area (Å²) in [5.74, 6) is -1.22. The first-order chi connectivity index (χ1) is 11.9. The van der Waals surface area contributed by atoms with E-state index in [-0.39, 0.29) is 19.0 Å². The van der Waals surface area contributed by atoms with E-state index >= 15 is 0 Å². The Morgan fingerprint density at radius 2 is 1.92 bits per heavy atom. The maximum atomic E-state index is 13.0. The molecule has 0 N–H and O–H groups in total. The number of carbonyl (C=O) groups is 3. The van der Waals surface area contributed by atoms with Crippen molar-refractivity contribution in [2.24, 2.45) is 4.99 Å². The molecule has 2 aliphatic heterocycles. The molecule has 0 spiro atoms. The topological polar surface area (TPSA) is 88.5 Å². The average Bonchev–Trinajstić information content (AvgIpc) is 2.97. The number of hydrogen-bond acceptors (Lipinski definition) is 6. The van der Waals surface area contributed by atoms with E-state index in [1.165, 1.54) is 11.8 Å². The van der Waals surface area contributed by atoms with Crippen molar-refractivity contribution >= 4 is 23.8 Å². The van der Waals surface area contributed by atoms with Gasteiger partial charge in [-0.05, 0) is 26.0 Å². The minimum Gasteiger partial charge on any atom is -0.446 e. The molecular weight excluding hydrogens is 326 g/mol. The monoisotopic (exact) mass is 345 g/mol. The van der Waals surface area contributed by atoms with Gasteiger partial charge in [-0.1, -0.05) is 18.2 Å². The summed E-state index contributed by atoms with van der Waals surface area (Å²) >= 11 is 0. The van der Waals surface area contributed by atoms with Crippen LogP contribution in [0.25, 0.3) is 0 Å². The third-order valence-electron chi connectivity index (χ3n) is 4.11. The third-order valence-corrected chi connectivity index (χ3v) is 4.11. The molecule has 1 fully saturated rings. The Morgan fingerprint density at radius 3 is 2.48 bits per heavy atom. The largest absolute Gasteiger partial charge is 0.446 e. The first kappa shape index (κ1) is 16.9. The highest BCUT2D eigenvalue weighted by Crippen LogP contribution is 2.38. The second-order valence-corrected chi connectivity index (χ2v) is 5.66. The molecule has 2 atom stereocenters. The average molecular weight is 345 g/mol. The molecule has 0 bridgehead atoms. The van der Waals surface area contributed by atoms with Gasteiger partial charge in [-0.2, -0.15) is 4.99 Å². The molecule has 0 aromatic heterocycles. The van der Waals surface area contributed by atoms with Gasteiger partial charge in [-0.3, -0.25) is 19.4 Å². The Kier molecular flexibility index (Phi) is 4.20. The highest BCUT2D eigenvalue weighted by Gasteiger charge is 2.65. The molecule has 0 aliphatic carbocycles. The number of nitrogens with zero attached hydrogens (tertiary/aromatic N) is 3. The molecule has 2 aliphatic rings. The SMILES string of the molecule is CCN1C(=O)N(CC)C2OC(c3ccccc3)=NC2(OC(C)=O)C1=O. The van der Waals surface area contributed by atoms with Crippen molar-refractivity contribution in [2.45, 2.75) is 32.7 Å². The zero-order valence-corrected chi connectivity index (χ0v) is 14.3. The maximum absolute atomic E-state index is 13.0. The summed E-state index contributed by atoms with van der Waals surface area (Å²) in [4.78, 5) is 43.9. The van der Waals surface area contributed by atoms with Crippen LogP contribution in [0, 0.1) is 0 Å². The van der Waals surface area contributed by atoms with Gasteiger partial charge in [0.05, 0.1) is 0 Å². The van der Waals surface area contributed by atoms with E-state index in [2.05, 4.69) is 4.99 Å². The Bertz CT molecular complexity index is 748. The van der Waals surface area contributed by atoms with Crippen LogP contribution in [-0.4, -0.2) is 58.6 Å². The normalized spacial score (nSPS) is 25.4. The number of benzene rings is 1. The molecule has 1 aromatic carbocycles. The van der Waals surface area contributed by atoms with Crippen LogP contribution in [0.2, 0.25) is 0 Å². The van der Waals surface area contributed by atoms with Gasteiger partial charge in [0.1, 0.15) is 0 Å². The third kappa shape index (κ3) is 2.54. The van der Waals surface area contributed by atoms with Crippen LogP contribution >= 0.6 is 0 Å². The van der Waals surface area contributed by atoms with Crippen LogP contribution in [-0.2, 0) is 19.1 Å². The molecule has 2 heterocycles. The fourth-order valence-corrected chi connectivity index (χ4v) is 3.01. The van der Waals surface area contributed by atoms with Crippen molar-refractivity contribution in [3.8, 4) is 0 Å². The number of hydrogen-bond donors (Lipinski definition) is 0. The summed E-state index contributed by atoms with van der Waals surface area (Å²) in [5.41, 5.74) is -1.29. The number of likely N-dealkylation sites (N-methyl/N-ethyl adjacent to an activating group) is 2. The fourth-order valence-electron chi connectivity index (χ4n) is 3.01. The van der Waals surface area contributed by atoms with E-state index in [1.807, 2.05) is 6.07 Å². The van der Waals surface area contributed by atoms with Crippen LogP contribution in [0.3, 0.4) is 0 Å². The molecule has 0 saturated carbocycles. The predicted octanol–water partition coefficient (Wildman–Crippen LogP) is 1.35. The lowest BCUT2D eigenvalue weighted by atomic mass is 10.1. The van der Waals surface area contributed by atoms with Crippen molar-refractivity contribution in [3.63, 3.8) is 0 Å². The number of imide groups is 1. The standard InChI is InChI=1S/C17H19N3O5/c1-4-19-14(22)17(25-11(3)21)15(20(5-2)16(19)23)24-13(18-17)12-9-7-6-8-10-12/h6-10,15H,4-5H2,1-3H3. The summed E-state index contributed by atoms with van der Waals surface area (Å²) in [5, 5.41) is 0. The number of aliphatic imine (C=N–C) groups is 1. The van der Waals surface area contributed by atoms with Crippen molar-refractivity contribution in [1.29, 1.82) is 0 Å². The van der Waals surface area contributed by atoms with Crippen LogP contribution in [0.15, 0.2) is 35.3 Å². The highest BCUT2D eigenvalue weighted by atomic mass is 16.6. The second-order valence-electron chi connectivity index (χ2n) is 5.66. The lowest BCUT2D eigenvalue weighted by molar-refractivity contribution is -0.195. The number of fused-ring (bicyclic) bond motifs is 1. The number of esters is 1. The van der Waals surface area contributed by atoms with Crippen LogP contribution in [0.1, 0.15) is 26.3 Å². The molecule has 8 heteroatoms. The number of rotatable bonds is 4. The highest BCUT2D eigenvalue weighted by molar-refractivity contribution is 6.07. The van der Waals surface area contributed by atoms with Gasteiger partial charge in [0.2, 0.25) is 12.1 Å². The van der Waals surface area contributed by atoms with Gasteiger partial charge in [0.15, 0.2) is 0 Å².